The molecular formula is C26H19F3O. The van der Waals surface area contributed by atoms with Gasteiger partial charge in [0.05, 0.1) is 17.6 Å². The minimum atomic E-state index is -4.36. The summed E-state index contributed by atoms with van der Waals surface area (Å²) in [5.41, 5.74) is 3.71. The molecule has 150 valence electrons. The Balaban J connectivity index is 1.65. The third kappa shape index (κ3) is 3.08. The van der Waals surface area contributed by atoms with Crippen LogP contribution in [0.3, 0.4) is 0 Å². The molecule has 30 heavy (non-hydrogen) atoms. The Labute approximate surface area is 173 Å². The molecule has 0 bridgehead atoms. The molecule has 3 aromatic carbocycles. The van der Waals surface area contributed by atoms with Crippen LogP contribution in [0, 0.1) is 0 Å². The summed E-state index contributed by atoms with van der Waals surface area (Å²) in [6.45, 7) is 0.346. The van der Waals surface area contributed by atoms with Crippen LogP contribution in [-0.2, 0) is 16.3 Å². The molecule has 0 saturated carbocycles. The number of alkyl halides is 3. The number of hydrogen-bond acceptors (Lipinski definition) is 1. The maximum Gasteiger partial charge on any atom is 0.416 e. The maximum atomic E-state index is 13.1. The van der Waals surface area contributed by atoms with Crippen LogP contribution >= 0.6 is 0 Å². The zero-order chi connectivity index (χ0) is 20.8. The number of fused-ring (bicyclic) bond motifs is 3. The molecule has 0 spiro atoms. The van der Waals surface area contributed by atoms with E-state index in [4.69, 9.17) is 4.74 Å². The minimum Gasteiger partial charge on any atom is -0.367 e. The maximum absolute atomic E-state index is 13.1. The SMILES string of the molecule is FC(F)(F)c1ccc(C2(c3ccccc3)C=C3C=Cc4ccccc4C3OC2)cc1. The van der Waals surface area contributed by atoms with Gasteiger partial charge in [0.1, 0.15) is 6.10 Å². The van der Waals surface area contributed by atoms with E-state index in [1.54, 1.807) is 12.1 Å². The summed E-state index contributed by atoms with van der Waals surface area (Å²) >= 11 is 0. The van der Waals surface area contributed by atoms with Crippen LogP contribution in [0.1, 0.15) is 33.9 Å². The summed E-state index contributed by atoms with van der Waals surface area (Å²) in [7, 11) is 0. The molecule has 0 radical (unpaired) electrons. The Morgan fingerprint density at radius 2 is 1.43 bits per heavy atom. The Bertz CT molecular complexity index is 1130. The summed E-state index contributed by atoms with van der Waals surface area (Å²) in [5, 5.41) is 0. The van der Waals surface area contributed by atoms with E-state index in [9.17, 15) is 13.2 Å². The third-order valence-corrected chi connectivity index (χ3v) is 5.94. The molecular weight excluding hydrogens is 385 g/mol. The molecule has 3 aromatic rings. The van der Waals surface area contributed by atoms with Gasteiger partial charge in [0.25, 0.3) is 0 Å². The lowest BCUT2D eigenvalue weighted by Crippen LogP contribution is -2.37. The number of hydrogen-bond donors (Lipinski definition) is 0. The van der Waals surface area contributed by atoms with Crippen molar-refractivity contribution in [2.75, 3.05) is 6.61 Å². The van der Waals surface area contributed by atoms with Gasteiger partial charge in [-0.2, -0.15) is 13.2 Å². The molecule has 0 amide bonds. The van der Waals surface area contributed by atoms with E-state index in [1.165, 1.54) is 0 Å². The molecule has 1 nitrogen and oxygen atoms in total. The number of ether oxygens (including phenoxy) is 1. The molecule has 1 heterocycles. The number of halogens is 3. The van der Waals surface area contributed by atoms with Crippen molar-refractivity contribution in [2.45, 2.75) is 17.7 Å². The topological polar surface area (TPSA) is 9.23 Å². The molecule has 0 aromatic heterocycles. The Hall–Kier alpha value is -3.11. The van der Waals surface area contributed by atoms with Crippen LogP contribution < -0.4 is 0 Å². The Morgan fingerprint density at radius 3 is 2.17 bits per heavy atom. The summed E-state index contributed by atoms with van der Waals surface area (Å²) in [6.07, 6.45) is 1.74. The fourth-order valence-corrected chi connectivity index (χ4v) is 4.40. The fourth-order valence-electron chi connectivity index (χ4n) is 4.40. The lowest BCUT2D eigenvalue weighted by atomic mass is 9.71. The smallest absolute Gasteiger partial charge is 0.367 e. The lowest BCUT2D eigenvalue weighted by Gasteiger charge is -2.40. The van der Waals surface area contributed by atoms with E-state index in [2.05, 4.69) is 24.3 Å². The summed E-state index contributed by atoms with van der Waals surface area (Å²) < 4.78 is 45.7. The molecule has 2 atom stereocenters. The van der Waals surface area contributed by atoms with Crippen LogP contribution in [0.4, 0.5) is 13.2 Å². The number of rotatable bonds is 2. The predicted molar refractivity (Wildman–Crippen MR) is 111 cm³/mol. The van der Waals surface area contributed by atoms with Crippen molar-refractivity contribution in [2.24, 2.45) is 0 Å². The van der Waals surface area contributed by atoms with Gasteiger partial charge in [0.2, 0.25) is 0 Å². The normalized spacial score (nSPS) is 22.8. The minimum absolute atomic E-state index is 0.169. The van der Waals surface area contributed by atoms with Gasteiger partial charge in [-0.25, -0.2) is 0 Å². The van der Waals surface area contributed by atoms with Crippen LogP contribution in [0.5, 0.6) is 0 Å². The molecule has 0 N–H and O–H groups in total. The number of benzene rings is 3. The first-order valence-corrected chi connectivity index (χ1v) is 9.82. The van der Waals surface area contributed by atoms with Gasteiger partial charge >= 0.3 is 6.18 Å². The van der Waals surface area contributed by atoms with Gasteiger partial charge in [0.15, 0.2) is 0 Å². The van der Waals surface area contributed by atoms with E-state index in [-0.39, 0.29) is 6.10 Å². The Kier molecular flexibility index (Phi) is 4.40. The van der Waals surface area contributed by atoms with Gasteiger partial charge in [0, 0.05) is 0 Å². The molecule has 2 unspecified atom stereocenters. The van der Waals surface area contributed by atoms with Gasteiger partial charge in [-0.05, 0) is 40.0 Å². The van der Waals surface area contributed by atoms with Crippen molar-refractivity contribution in [1.82, 2.24) is 0 Å². The molecule has 1 aliphatic carbocycles. The van der Waals surface area contributed by atoms with E-state index >= 15 is 0 Å². The van der Waals surface area contributed by atoms with Crippen molar-refractivity contribution in [3.05, 3.63) is 124 Å². The van der Waals surface area contributed by atoms with Crippen LogP contribution in [-0.4, -0.2) is 6.61 Å². The standard InChI is InChI=1S/C26H19F3O/c27-26(28,29)22-14-12-21(13-15-22)25(20-7-2-1-3-8-20)16-19-11-10-18-6-4-5-9-23(18)24(19)30-17-25/h1-16,24H,17H2. The lowest BCUT2D eigenvalue weighted by molar-refractivity contribution is -0.137. The van der Waals surface area contributed by atoms with Gasteiger partial charge in [-0.1, -0.05) is 85.0 Å². The molecule has 1 aliphatic heterocycles. The highest BCUT2D eigenvalue weighted by molar-refractivity contribution is 5.65. The van der Waals surface area contributed by atoms with E-state index < -0.39 is 17.2 Å². The molecule has 4 heteroatoms. The largest absolute Gasteiger partial charge is 0.416 e. The summed E-state index contributed by atoms with van der Waals surface area (Å²) in [6, 6.07) is 23.4. The highest BCUT2D eigenvalue weighted by Gasteiger charge is 2.40. The average molecular weight is 404 g/mol. The van der Waals surface area contributed by atoms with E-state index in [0.29, 0.717) is 6.61 Å². The molecule has 0 fully saturated rings. The molecule has 5 rings (SSSR count). The van der Waals surface area contributed by atoms with E-state index in [1.807, 2.05) is 48.5 Å². The second-order valence-electron chi connectivity index (χ2n) is 7.71. The van der Waals surface area contributed by atoms with Gasteiger partial charge < -0.3 is 4.74 Å². The van der Waals surface area contributed by atoms with Crippen LogP contribution in [0.2, 0.25) is 0 Å². The third-order valence-electron chi connectivity index (χ3n) is 5.94. The van der Waals surface area contributed by atoms with Crippen molar-refractivity contribution in [3.8, 4) is 0 Å². The predicted octanol–water partition coefficient (Wildman–Crippen LogP) is 6.72. The first-order valence-electron chi connectivity index (χ1n) is 9.82. The fraction of sp³-hybridized carbons (Fsp3) is 0.154. The van der Waals surface area contributed by atoms with Crippen molar-refractivity contribution >= 4 is 6.08 Å². The monoisotopic (exact) mass is 404 g/mol. The summed E-state index contributed by atoms with van der Waals surface area (Å²) in [5.74, 6) is 0. The van der Waals surface area contributed by atoms with Crippen molar-refractivity contribution in [3.63, 3.8) is 0 Å². The van der Waals surface area contributed by atoms with Crippen molar-refractivity contribution in [1.29, 1.82) is 0 Å². The Morgan fingerprint density at radius 1 is 0.767 bits per heavy atom. The zero-order valence-electron chi connectivity index (χ0n) is 16.1. The molecule has 2 aliphatic rings. The van der Waals surface area contributed by atoms with Crippen LogP contribution in [0.15, 0.2) is 96.6 Å². The quantitative estimate of drug-likeness (QED) is 0.461. The van der Waals surface area contributed by atoms with Crippen molar-refractivity contribution < 1.29 is 17.9 Å². The highest BCUT2D eigenvalue weighted by atomic mass is 19.4. The summed E-state index contributed by atoms with van der Waals surface area (Å²) in [4.78, 5) is 0. The van der Waals surface area contributed by atoms with Crippen LogP contribution in [0.25, 0.3) is 6.08 Å². The first-order chi connectivity index (χ1) is 14.5. The average Bonchev–Trinajstić information content (AvgIpc) is 2.78. The zero-order valence-corrected chi connectivity index (χ0v) is 16.1. The second kappa shape index (κ2) is 6.99. The first kappa shape index (κ1) is 18.9. The second-order valence-corrected chi connectivity index (χ2v) is 7.71. The van der Waals surface area contributed by atoms with Gasteiger partial charge in [-0.15, -0.1) is 0 Å². The van der Waals surface area contributed by atoms with Gasteiger partial charge in [-0.3, -0.25) is 0 Å². The van der Waals surface area contributed by atoms with E-state index in [0.717, 1.165) is 40.0 Å². The highest BCUT2D eigenvalue weighted by Crippen LogP contribution is 2.46. The molecule has 0 saturated heterocycles.